The molecule has 84 valence electrons. The van der Waals surface area contributed by atoms with Gasteiger partial charge in [0.1, 0.15) is 17.0 Å². The Morgan fingerprint density at radius 2 is 1.82 bits per heavy atom. The average Bonchev–Trinajstić information content (AvgIpc) is 2.30. The van der Waals surface area contributed by atoms with E-state index in [1.165, 1.54) is 12.1 Å². The number of hydrogen-bond acceptors (Lipinski definition) is 2. The fourth-order valence-corrected chi connectivity index (χ4v) is 2.27. The predicted octanol–water partition coefficient (Wildman–Crippen LogP) is 4.76. The van der Waals surface area contributed by atoms with Crippen LogP contribution in [0.5, 0.6) is 0 Å². The summed E-state index contributed by atoms with van der Waals surface area (Å²) in [6, 6.07) is 10.2. The molecule has 0 spiro atoms. The lowest BCUT2D eigenvalue weighted by Crippen LogP contribution is -1.82. The molecule has 1 nitrogen and oxygen atoms in total. The van der Waals surface area contributed by atoms with E-state index in [-0.39, 0.29) is 5.82 Å². The van der Waals surface area contributed by atoms with Gasteiger partial charge in [-0.25, -0.2) is 4.39 Å². The number of rotatable bonds is 0. The van der Waals surface area contributed by atoms with Crippen molar-refractivity contribution < 1.29 is 8.81 Å². The lowest BCUT2D eigenvalue weighted by molar-refractivity contribution is 0.615. The quantitative estimate of drug-likeness (QED) is 0.417. The van der Waals surface area contributed by atoms with Gasteiger partial charge in [0, 0.05) is 16.8 Å². The van der Waals surface area contributed by atoms with E-state index in [2.05, 4.69) is 0 Å². The molecule has 3 rings (SSSR count). The third-order valence-corrected chi connectivity index (χ3v) is 3.23. The zero-order valence-corrected chi connectivity index (χ0v) is 9.98. The molecule has 0 aliphatic rings. The summed E-state index contributed by atoms with van der Waals surface area (Å²) in [5, 5.41) is 1.68. The fraction of sp³-hybridized carbons (Fsp3) is 0.0714. The highest BCUT2D eigenvalue weighted by molar-refractivity contribution is 7.72. The zero-order valence-electron chi connectivity index (χ0n) is 9.16. The van der Waals surface area contributed by atoms with E-state index in [1.54, 1.807) is 6.07 Å². The van der Waals surface area contributed by atoms with Crippen LogP contribution in [0.3, 0.4) is 0 Å². The molecule has 0 bridgehead atoms. The fourth-order valence-electron chi connectivity index (χ4n) is 1.94. The molecule has 3 heteroatoms. The number of fused-ring (bicyclic) bond motifs is 2. The smallest absolute Gasteiger partial charge is 0.139 e. The summed E-state index contributed by atoms with van der Waals surface area (Å²) in [7, 11) is 0. The molecular weight excluding hydrogens is 235 g/mol. The first-order chi connectivity index (χ1) is 8.15. The van der Waals surface area contributed by atoms with Gasteiger partial charge in [0.25, 0.3) is 0 Å². The molecule has 2 aromatic carbocycles. The predicted molar refractivity (Wildman–Crippen MR) is 69.2 cm³/mol. The minimum Gasteiger partial charge on any atom is -0.456 e. The first-order valence-corrected chi connectivity index (χ1v) is 5.69. The third kappa shape index (κ3) is 1.63. The van der Waals surface area contributed by atoms with Gasteiger partial charge >= 0.3 is 0 Å². The van der Waals surface area contributed by atoms with Crippen molar-refractivity contribution in [3.8, 4) is 0 Å². The number of hydrogen-bond donors (Lipinski definition) is 0. The molecule has 1 heterocycles. The van der Waals surface area contributed by atoms with Crippen molar-refractivity contribution in [3.63, 3.8) is 0 Å². The van der Waals surface area contributed by atoms with Gasteiger partial charge in [0.15, 0.2) is 0 Å². The van der Waals surface area contributed by atoms with E-state index in [0.29, 0.717) is 15.7 Å². The molecule has 0 saturated carbocycles. The second-order valence-corrected chi connectivity index (χ2v) is 4.48. The lowest BCUT2D eigenvalue weighted by atomic mass is 10.1. The van der Waals surface area contributed by atoms with Crippen molar-refractivity contribution in [1.82, 2.24) is 0 Å². The molecule has 0 aliphatic carbocycles. The summed E-state index contributed by atoms with van der Waals surface area (Å²) < 4.78 is 19.5. The highest BCUT2D eigenvalue weighted by Gasteiger charge is 2.05. The summed E-state index contributed by atoms with van der Waals surface area (Å²) >= 11 is 5.42. The topological polar surface area (TPSA) is 13.1 Å². The second-order valence-electron chi connectivity index (χ2n) is 4.07. The Morgan fingerprint density at radius 1 is 1.00 bits per heavy atom. The van der Waals surface area contributed by atoms with Crippen molar-refractivity contribution in [2.75, 3.05) is 0 Å². The molecule has 0 fully saturated rings. The molecule has 0 amide bonds. The third-order valence-electron chi connectivity index (χ3n) is 2.79. The number of halogens is 1. The van der Waals surface area contributed by atoms with E-state index in [4.69, 9.17) is 16.6 Å². The standard InChI is InChI=1S/C14H9FOS/c1-8-2-5-12-11(6-8)14(17)10-4-3-9(15)7-13(10)16-12/h2-7H,1H3. The van der Waals surface area contributed by atoms with E-state index < -0.39 is 0 Å². The van der Waals surface area contributed by atoms with Crippen LogP contribution in [0.15, 0.2) is 40.8 Å². The summed E-state index contributed by atoms with van der Waals surface area (Å²) in [6.07, 6.45) is 0. The van der Waals surface area contributed by atoms with E-state index in [9.17, 15) is 4.39 Å². The van der Waals surface area contributed by atoms with E-state index in [0.717, 1.165) is 16.3 Å². The Labute approximate surface area is 102 Å². The minimum absolute atomic E-state index is 0.317. The molecule has 0 unspecified atom stereocenters. The summed E-state index contributed by atoms with van der Waals surface area (Å²) in [5.74, 6) is -0.317. The SMILES string of the molecule is Cc1ccc2oc3cc(F)ccc3c(=S)c2c1. The summed E-state index contributed by atoms with van der Waals surface area (Å²) in [4.78, 5) is 0. The molecule has 0 aliphatic heterocycles. The average molecular weight is 244 g/mol. The summed E-state index contributed by atoms with van der Waals surface area (Å²) in [6.45, 7) is 2.00. The van der Waals surface area contributed by atoms with Gasteiger partial charge in [-0.3, -0.25) is 0 Å². The second kappa shape index (κ2) is 3.64. The molecule has 0 radical (unpaired) electrons. The van der Waals surface area contributed by atoms with Gasteiger partial charge < -0.3 is 4.42 Å². The van der Waals surface area contributed by atoms with Crippen LogP contribution in [-0.4, -0.2) is 0 Å². The van der Waals surface area contributed by atoms with Crippen LogP contribution in [0.25, 0.3) is 21.9 Å². The van der Waals surface area contributed by atoms with Crippen LogP contribution in [0, 0.1) is 17.3 Å². The van der Waals surface area contributed by atoms with Gasteiger partial charge in [-0.2, -0.15) is 0 Å². The lowest BCUT2D eigenvalue weighted by Gasteiger charge is -2.03. The van der Waals surface area contributed by atoms with Crippen molar-refractivity contribution in [2.24, 2.45) is 0 Å². The Kier molecular flexibility index (Phi) is 2.23. The van der Waals surface area contributed by atoms with Crippen LogP contribution in [0.2, 0.25) is 0 Å². The molecule has 1 aromatic heterocycles. The van der Waals surface area contributed by atoms with Crippen molar-refractivity contribution in [1.29, 1.82) is 0 Å². The zero-order chi connectivity index (χ0) is 12.0. The maximum absolute atomic E-state index is 13.1. The van der Waals surface area contributed by atoms with Gasteiger partial charge in [-0.15, -0.1) is 0 Å². The Balaban J connectivity index is 2.57. The van der Waals surface area contributed by atoms with Gasteiger partial charge in [0.05, 0.1) is 4.51 Å². The van der Waals surface area contributed by atoms with Crippen molar-refractivity contribution in [2.45, 2.75) is 6.92 Å². The monoisotopic (exact) mass is 244 g/mol. The van der Waals surface area contributed by atoms with Crippen LogP contribution >= 0.6 is 12.2 Å². The summed E-state index contributed by atoms with van der Waals surface area (Å²) in [5.41, 5.74) is 2.31. The van der Waals surface area contributed by atoms with Crippen molar-refractivity contribution in [3.05, 3.63) is 52.3 Å². The Bertz CT molecular complexity index is 789. The van der Waals surface area contributed by atoms with Crippen molar-refractivity contribution >= 4 is 34.2 Å². The van der Waals surface area contributed by atoms with Crippen LogP contribution in [0.1, 0.15) is 5.56 Å². The highest BCUT2D eigenvalue weighted by atomic mass is 32.1. The first-order valence-electron chi connectivity index (χ1n) is 5.28. The van der Waals surface area contributed by atoms with E-state index in [1.807, 2.05) is 25.1 Å². The number of aryl methyl sites for hydroxylation is 1. The van der Waals surface area contributed by atoms with Crippen LogP contribution < -0.4 is 0 Å². The molecule has 3 aromatic rings. The molecular formula is C14H9FOS. The normalized spacial score (nSPS) is 11.2. The maximum Gasteiger partial charge on any atom is 0.139 e. The largest absolute Gasteiger partial charge is 0.456 e. The Morgan fingerprint density at radius 3 is 2.65 bits per heavy atom. The molecule has 17 heavy (non-hydrogen) atoms. The van der Waals surface area contributed by atoms with Crippen LogP contribution in [0.4, 0.5) is 4.39 Å². The van der Waals surface area contributed by atoms with E-state index >= 15 is 0 Å². The van der Waals surface area contributed by atoms with Gasteiger partial charge in [-0.1, -0.05) is 23.8 Å². The molecule has 0 saturated heterocycles. The maximum atomic E-state index is 13.1. The highest BCUT2D eigenvalue weighted by Crippen LogP contribution is 2.26. The van der Waals surface area contributed by atoms with Gasteiger partial charge in [-0.05, 0) is 31.2 Å². The minimum atomic E-state index is -0.317. The van der Waals surface area contributed by atoms with Gasteiger partial charge in [0.2, 0.25) is 0 Å². The first kappa shape index (κ1) is 10.4. The Hall–Kier alpha value is -1.74. The molecule has 0 N–H and O–H groups in total. The van der Waals surface area contributed by atoms with Crippen LogP contribution in [-0.2, 0) is 0 Å². The molecule has 0 atom stereocenters. The number of benzene rings is 2.